The van der Waals surface area contributed by atoms with E-state index in [1.807, 2.05) is 0 Å². The molecule has 2 N–H and O–H groups in total. The third kappa shape index (κ3) is 3.25. The molecule has 0 aliphatic carbocycles. The summed E-state index contributed by atoms with van der Waals surface area (Å²) in [5.41, 5.74) is 1.18. The van der Waals surface area contributed by atoms with E-state index in [9.17, 15) is 4.79 Å². The average Bonchev–Trinajstić information content (AvgIpc) is 2.18. The Morgan fingerprint density at radius 1 is 1.57 bits per heavy atom. The highest BCUT2D eigenvalue weighted by atomic mass is 16.4. The fraction of sp³-hybridized carbons (Fsp3) is 0.200. The van der Waals surface area contributed by atoms with Gasteiger partial charge in [0.1, 0.15) is 12.1 Å². The van der Waals surface area contributed by atoms with Crippen LogP contribution in [0, 0.1) is 11.8 Å². The molecule has 1 aromatic heterocycles. The van der Waals surface area contributed by atoms with Crippen molar-refractivity contribution in [1.29, 1.82) is 0 Å². The van der Waals surface area contributed by atoms with Crippen LogP contribution in [-0.4, -0.2) is 21.2 Å². The topological polar surface area (TPSA) is 70.4 Å². The van der Waals surface area contributed by atoms with Gasteiger partial charge in [-0.1, -0.05) is 5.92 Å². The van der Waals surface area contributed by atoms with E-state index in [0.29, 0.717) is 11.3 Å². The predicted octanol–water partition coefficient (Wildman–Crippen LogP) is 0.400. The quantitative estimate of drug-likeness (QED) is 0.664. The molecular weight excluding hydrogens is 182 g/mol. The van der Waals surface area contributed by atoms with E-state index >= 15 is 0 Å². The zero-order valence-electron chi connectivity index (χ0n) is 7.40. The molecule has 0 aliphatic rings. The van der Waals surface area contributed by atoms with Gasteiger partial charge in [0.15, 0.2) is 0 Å². The summed E-state index contributed by atoms with van der Waals surface area (Å²) in [4.78, 5) is 14.1. The van der Waals surface area contributed by atoms with Gasteiger partial charge < -0.3 is 10.2 Å². The van der Waals surface area contributed by atoms with E-state index in [0.717, 1.165) is 0 Å². The number of carboxylic acid groups (broad SMARTS) is 1. The monoisotopic (exact) mass is 191 g/mol. The molecule has 1 heterocycles. The lowest BCUT2D eigenvalue weighted by atomic mass is 10.2. The van der Waals surface area contributed by atoms with Gasteiger partial charge in [-0.25, -0.2) is 4.98 Å². The first kappa shape index (κ1) is 10.2. The summed E-state index contributed by atoms with van der Waals surface area (Å²) in [6.45, 7) is -0.0733. The minimum atomic E-state index is -0.962. The van der Waals surface area contributed by atoms with Crippen molar-refractivity contribution in [1.82, 2.24) is 4.98 Å². The first-order valence-electron chi connectivity index (χ1n) is 3.99. The fourth-order valence-corrected chi connectivity index (χ4v) is 0.851. The van der Waals surface area contributed by atoms with Crippen molar-refractivity contribution >= 4 is 5.97 Å². The minimum Gasteiger partial charge on any atom is -0.481 e. The van der Waals surface area contributed by atoms with Crippen LogP contribution in [0.1, 0.15) is 17.7 Å². The molecule has 0 unspecified atom stereocenters. The van der Waals surface area contributed by atoms with E-state index in [2.05, 4.69) is 16.8 Å². The first-order chi connectivity index (χ1) is 6.72. The maximum Gasteiger partial charge on any atom is 0.315 e. The number of aromatic nitrogens is 1. The van der Waals surface area contributed by atoms with E-state index in [4.69, 9.17) is 10.2 Å². The fourth-order valence-electron chi connectivity index (χ4n) is 0.851. The first-order valence-corrected chi connectivity index (χ1v) is 3.99. The number of carbonyl (C=O) groups is 1. The standard InChI is InChI=1S/C10H9NO3/c12-7-8-4-5-11-9(6-8)2-1-3-10(13)14/h4-6,12H,3,7H2,(H,13,14). The number of aliphatic hydroxyl groups excluding tert-OH is 1. The molecule has 1 aromatic rings. The van der Waals surface area contributed by atoms with Gasteiger partial charge in [-0.3, -0.25) is 4.79 Å². The van der Waals surface area contributed by atoms with Gasteiger partial charge in [0.25, 0.3) is 0 Å². The largest absolute Gasteiger partial charge is 0.481 e. The highest BCUT2D eigenvalue weighted by Crippen LogP contribution is 1.99. The molecule has 14 heavy (non-hydrogen) atoms. The number of hydrogen-bond acceptors (Lipinski definition) is 3. The van der Waals surface area contributed by atoms with Crippen LogP contribution in [0.15, 0.2) is 18.3 Å². The Balaban J connectivity index is 2.74. The molecule has 0 fully saturated rings. The molecule has 0 amide bonds. The van der Waals surface area contributed by atoms with Gasteiger partial charge in [0, 0.05) is 6.20 Å². The molecule has 0 spiro atoms. The lowest BCUT2D eigenvalue weighted by Crippen LogP contribution is -1.91. The summed E-state index contributed by atoms with van der Waals surface area (Å²) in [5, 5.41) is 17.1. The summed E-state index contributed by atoms with van der Waals surface area (Å²) in [6, 6.07) is 3.29. The second-order valence-electron chi connectivity index (χ2n) is 2.58. The van der Waals surface area contributed by atoms with Crippen molar-refractivity contribution in [3.05, 3.63) is 29.6 Å². The normalized spacial score (nSPS) is 8.93. The smallest absolute Gasteiger partial charge is 0.315 e. The molecule has 0 atom stereocenters. The highest BCUT2D eigenvalue weighted by molar-refractivity contribution is 5.70. The molecule has 0 aromatic carbocycles. The van der Waals surface area contributed by atoms with Crippen molar-refractivity contribution in [2.45, 2.75) is 13.0 Å². The summed E-state index contributed by atoms with van der Waals surface area (Å²) in [5.74, 6) is 4.09. The number of carboxylic acids is 1. The van der Waals surface area contributed by atoms with Crippen LogP contribution < -0.4 is 0 Å². The van der Waals surface area contributed by atoms with E-state index in [1.165, 1.54) is 6.20 Å². The van der Waals surface area contributed by atoms with Gasteiger partial charge >= 0.3 is 5.97 Å². The summed E-state index contributed by atoms with van der Waals surface area (Å²) < 4.78 is 0. The maximum absolute atomic E-state index is 10.1. The van der Waals surface area contributed by atoms with Crippen LogP contribution >= 0.6 is 0 Å². The SMILES string of the molecule is O=C(O)CC#Cc1cc(CO)ccn1. The Hall–Kier alpha value is -1.86. The predicted molar refractivity (Wildman–Crippen MR) is 49.3 cm³/mol. The molecule has 1 rings (SSSR count). The summed E-state index contributed by atoms with van der Waals surface area (Å²) in [6.07, 6.45) is 1.32. The Morgan fingerprint density at radius 3 is 3.00 bits per heavy atom. The van der Waals surface area contributed by atoms with Crippen molar-refractivity contribution < 1.29 is 15.0 Å². The lowest BCUT2D eigenvalue weighted by Gasteiger charge is -1.94. The minimum absolute atomic E-state index is 0.0733. The van der Waals surface area contributed by atoms with Crippen molar-refractivity contribution in [2.75, 3.05) is 0 Å². The Morgan fingerprint density at radius 2 is 2.36 bits per heavy atom. The van der Waals surface area contributed by atoms with Gasteiger partial charge in [-0.05, 0) is 23.6 Å². The van der Waals surface area contributed by atoms with Gasteiger partial charge in [-0.15, -0.1) is 0 Å². The molecular formula is C10H9NO3. The zero-order chi connectivity index (χ0) is 10.4. The van der Waals surface area contributed by atoms with Crippen LogP contribution in [0.25, 0.3) is 0 Å². The van der Waals surface area contributed by atoms with Gasteiger partial charge in [0.2, 0.25) is 0 Å². The van der Waals surface area contributed by atoms with Crippen molar-refractivity contribution in [3.63, 3.8) is 0 Å². The van der Waals surface area contributed by atoms with Crippen molar-refractivity contribution in [3.8, 4) is 11.8 Å². The number of rotatable bonds is 2. The molecule has 0 radical (unpaired) electrons. The molecule has 0 saturated carbocycles. The average molecular weight is 191 g/mol. The Kier molecular flexibility index (Phi) is 3.65. The number of hydrogen-bond donors (Lipinski definition) is 2. The molecule has 4 heteroatoms. The number of pyridine rings is 1. The van der Waals surface area contributed by atoms with Crippen molar-refractivity contribution in [2.24, 2.45) is 0 Å². The van der Waals surface area contributed by atoms with E-state index in [1.54, 1.807) is 12.1 Å². The van der Waals surface area contributed by atoms with Crippen LogP contribution in [0.4, 0.5) is 0 Å². The third-order valence-corrected chi connectivity index (χ3v) is 1.46. The third-order valence-electron chi connectivity index (χ3n) is 1.46. The Labute approximate surface area is 81.2 Å². The summed E-state index contributed by atoms with van der Waals surface area (Å²) >= 11 is 0. The zero-order valence-corrected chi connectivity index (χ0v) is 7.40. The number of aliphatic hydroxyl groups is 1. The van der Waals surface area contributed by atoms with Crippen LogP contribution in [0.2, 0.25) is 0 Å². The second kappa shape index (κ2) is 5.00. The number of aliphatic carboxylic acids is 1. The maximum atomic E-state index is 10.1. The molecule has 4 nitrogen and oxygen atoms in total. The van der Waals surface area contributed by atoms with Crippen LogP contribution in [0.3, 0.4) is 0 Å². The Bertz CT molecular complexity index is 390. The van der Waals surface area contributed by atoms with Gasteiger partial charge in [-0.2, -0.15) is 0 Å². The molecule has 0 saturated heterocycles. The molecule has 0 aliphatic heterocycles. The van der Waals surface area contributed by atoms with Crippen LogP contribution in [0.5, 0.6) is 0 Å². The van der Waals surface area contributed by atoms with Gasteiger partial charge in [0.05, 0.1) is 6.61 Å². The summed E-state index contributed by atoms with van der Waals surface area (Å²) in [7, 11) is 0. The molecule has 0 bridgehead atoms. The second-order valence-corrected chi connectivity index (χ2v) is 2.58. The highest BCUT2D eigenvalue weighted by Gasteiger charge is 1.93. The lowest BCUT2D eigenvalue weighted by molar-refractivity contribution is -0.135. The molecule has 72 valence electrons. The van der Waals surface area contributed by atoms with E-state index in [-0.39, 0.29) is 13.0 Å². The number of nitrogens with zero attached hydrogens (tertiary/aromatic N) is 1. The van der Waals surface area contributed by atoms with Crippen LogP contribution in [-0.2, 0) is 11.4 Å². The van der Waals surface area contributed by atoms with E-state index < -0.39 is 5.97 Å².